The lowest BCUT2D eigenvalue weighted by atomic mass is 10.1. The summed E-state index contributed by atoms with van der Waals surface area (Å²) in [5, 5.41) is 34.4. The molecule has 1 rings (SSSR count). The van der Waals surface area contributed by atoms with Crippen LogP contribution in [0.2, 0.25) is 0 Å². The van der Waals surface area contributed by atoms with Crippen molar-refractivity contribution in [2.75, 3.05) is 13.2 Å². The predicted molar refractivity (Wildman–Crippen MR) is 121 cm³/mol. The Hall–Kier alpha value is -3.56. The number of nitrogens with one attached hydrogen (secondary N) is 4. The van der Waals surface area contributed by atoms with Crippen LogP contribution in [0.25, 0.3) is 0 Å². The first-order chi connectivity index (χ1) is 16.6. The number of nitrogens with zero attached hydrogens (tertiary/aromatic N) is 1. The smallest absolute Gasteiger partial charge is 0.326 e. The van der Waals surface area contributed by atoms with Gasteiger partial charge < -0.3 is 47.7 Å². The maximum atomic E-state index is 12.9. The number of carbonyl (C=O) groups excluding carboxylic acids is 3. The first-order valence-corrected chi connectivity index (χ1v) is 11.0. The Morgan fingerprint density at radius 2 is 1.57 bits per heavy atom. The molecule has 0 aliphatic rings. The van der Waals surface area contributed by atoms with Crippen LogP contribution in [0.1, 0.15) is 37.8 Å². The zero-order chi connectivity index (χ0) is 26.4. The molecule has 0 spiro atoms. The van der Waals surface area contributed by atoms with E-state index in [4.69, 9.17) is 16.6 Å². The molecule has 4 unspecified atom stereocenters. The van der Waals surface area contributed by atoms with Gasteiger partial charge in [0, 0.05) is 24.7 Å². The number of carboxylic acid groups (broad SMARTS) is 2. The van der Waals surface area contributed by atoms with Crippen molar-refractivity contribution in [1.29, 1.82) is 0 Å². The second-order valence-corrected chi connectivity index (χ2v) is 7.81. The van der Waals surface area contributed by atoms with Crippen molar-refractivity contribution >= 4 is 29.7 Å². The fourth-order valence-corrected chi connectivity index (χ4v) is 3.01. The average Bonchev–Trinajstić information content (AvgIpc) is 3.32. The molecule has 0 aliphatic carbocycles. The molecule has 1 heterocycles. The third kappa shape index (κ3) is 10.9. The third-order valence-electron chi connectivity index (χ3n) is 4.99. The normalized spacial score (nSPS) is 14.3. The third-order valence-corrected chi connectivity index (χ3v) is 4.99. The van der Waals surface area contributed by atoms with Gasteiger partial charge in [-0.1, -0.05) is 6.42 Å². The summed E-state index contributed by atoms with van der Waals surface area (Å²) < 4.78 is 0. The summed E-state index contributed by atoms with van der Waals surface area (Å²) in [5.41, 5.74) is 11.8. The van der Waals surface area contributed by atoms with Gasteiger partial charge in [0.05, 0.1) is 19.0 Å². The Kier molecular flexibility index (Phi) is 12.9. The predicted octanol–water partition coefficient (Wildman–Crippen LogP) is -3.20. The van der Waals surface area contributed by atoms with Crippen molar-refractivity contribution in [2.24, 2.45) is 11.5 Å². The maximum absolute atomic E-state index is 12.9. The van der Waals surface area contributed by atoms with E-state index in [-0.39, 0.29) is 6.42 Å². The number of nitrogens with two attached hydrogens (primary N) is 2. The second-order valence-electron chi connectivity index (χ2n) is 7.81. The standard InChI is InChI=1S/C20H33N7O8/c21-6-2-1-3-12(22)17(31)26-14(7-11-8-23-10-24-11)18(32)27-15(9-28)19(33)25-13(20(34)35)4-5-16(29)30/h8,10,12-15,28H,1-7,9,21-22H2,(H,23,24)(H,25,33)(H,26,31)(H,27,32)(H,29,30)(H,34,35). The highest BCUT2D eigenvalue weighted by Gasteiger charge is 2.30. The number of rotatable bonds is 17. The Morgan fingerprint density at radius 1 is 0.943 bits per heavy atom. The molecule has 3 amide bonds. The number of imidazole rings is 1. The van der Waals surface area contributed by atoms with E-state index in [1.165, 1.54) is 12.5 Å². The fraction of sp³-hybridized carbons (Fsp3) is 0.600. The number of hydrogen-bond acceptors (Lipinski definition) is 9. The SMILES string of the molecule is NCCCCC(N)C(=O)NC(Cc1cnc[nH]1)C(=O)NC(CO)C(=O)NC(CCC(=O)O)C(=O)O. The number of carbonyl (C=O) groups is 5. The van der Waals surface area contributed by atoms with Crippen LogP contribution in [-0.4, -0.2) is 92.3 Å². The Balaban J connectivity index is 2.88. The van der Waals surface area contributed by atoms with E-state index < -0.39 is 73.3 Å². The summed E-state index contributed by atoms with van der Waals surface area (Å²) >= 11 is 0. The molecule has 0 aliphatic heterocycles. The van der Waals surface area contributed by atoms with Gasteiger partial charge in [0.15, 0.2) is 0 Å². The number of aliphatic hydroxyl groups excluding tert-OH is 1. The Bertz CT molecular complexity index is 849. The number of unbranched alkanes of at least 4 members (excludes halogenated alkanes) is 1. The lowest BCUT2D eigenvalue weighted by Crippen LogP contribution is -2.58. The van der Waals surface area contributed by atoms with E-state index in [9.17, 15) is 34.2 Å². The molecular weight excluding hydrogens is 466 g/mol. The zero-order valence-corrected chi connectivity index (χ0v) is 19.1. The lowest BCUT2D eigenvalue weighted by molar-refractivity contribution is -0.143. The molecule has 4 atom stereocenters. The van der Waals surface area contributed by atoms with Crippen LogP contribution in [0, 0.1) is 0 Å². The van der Waals surface area contributed by atoms with Crippen molar-refractivity contribution in [3.05, 3.63) is 18.2 Å². The first kappa shape index (κ1) is 29.5. The molecule has 0 fully saturated rings. The van der Waals surface area contributed by atoms with Gasteiger partial charge in [0.2, 0.25) is 17.7 Å². The molecule has 11 N–H and O–H groups in total. The minimum absolute atomic E-state index is 0.0385. The summed E-state index contributed by atoms with van der Waals surface area (Å²) in [5.74, 6) is -5.21. The monoisotopic (exact) mass is 499 g/mol. The van der Waals surface area contributed by atoms with E-state index in [2.05, 4.69) is 25.9 Å². The molecule has 1 aromatic rings. The second kappa shape index (κ2) is 15.4. The van der Waals surface area contributed by atoms with E-state index in [1.807, 2.05) is 0 Å². The quantitative estimate of drug-likeness (QED) is 0.0963. The highest BCUT2D eigenvalue weighted by molar-refractivity contribution is 5.94. The molecule has 0 bridgehead atoms. The summed E-state index contributed by atoms with van der Waals surface area (Å²) in [6.07, 6.45) is 3.49. The van der Waals surface area contributed by atoms with Crippen molar-refractivity contribution in [2.45, 2.75) is 62.7 Å². The fourth-order valence-electron chi connectivity index (χ4n) is 3.01. The van der Waals surface area contributed by atoms with Crippen LogP contribution < -0.4 is 27.4 Å². The molecule has 15 heteroatoms. The number of carboxylic acids is 2. The van der Waals surface area contributed by atoms with Crippen molar-refractivity contribution in [1.82, 2.24) is 25.9 Å². The van der Waals surface area contributed by atoms with Gasteiger partial charge in [-0.3, -0.25) is 19.2 Å². The summed E-state index contributed by atoms with van der Waals surface area (Å²) in [6, 6.07) is -5.21. The molecule has 0 aromatic carbocycles. The molecule has 1 aromatic heterocycles. The van der Waals surface area contributed by atoms with E-state index in [0.717, 1.165) is 0 Å². The van der Waals surface area contributed by atoms with Gasteiger partial charge >= 0.3 is 11.9 Å². The molecule has 15 nitrogen and oxygen atoms in total. The van der Waals surface area contributed by atoms with Crippen LogP contribution in [0.5, 0.6) is 0 Å². The van der Waals surface area contributed by atoms with Crippen LogP contribution in [-0.2, 0) is 30.4 Å². The van der Waals surface area contributed by atoms with Gasteiger partial charge in [-0.2, -0.15) is 0 Å². The minimum atomic E-state index is -1.56. The van der Waals surface area contributed by atoms with E-state index in [0.29, 0.717) is 31.5 Å². The summed E-state index contributed by atoms with van der Waals surface area (Å²) in [6.45, 7) is -0.435. The van der Waals surface area contributed by atoms with Gasteiger partial charge in [-0.15, -0.1) is 0 Å². The lowest BCUT2D eigenvalue weighted by Gasteiger charge is -2.24. The molecular formula is C20H33N7O8. The largest absolute Gasteiger partial charge is 0.481 e. The summed E-state index contributed by atoms with van der Waals surface area (Å²) in [4.78, 5) is 66.5. The van der Waals surface area contributed by atoms with Crippen LogP contribution in [0.4, 0.5) is 0 Å². The molecule has 0 saturated carbocycles. The van der Waals surface area contributed by atoms with E-state index in [1.54, 1.807) is 0 Å². The first-order valence-electron chi connectivity index (χ1n) is 11.0. The molecule has 196 valence electrons. The van der Waals surface area contributed by atoms with Gasteiger partial charge in [-0.05, 0) is 25.8 Å². The molecule has 0 saturated heterocycles. The highest BCUT2D eigenvalue weighted by atomic mass is 16.4. The molecule has 35 heavy (non-hydrogen) atoms. The summed E-state index contributed by atoms with van der Waals surface area (Å²) in [7, 11) is 0. The van der Waals surface area contributed by atoms with Crippen molar-refractivity contribution < 1.29 is 39.3 Å². The topological polar surface area (TPSA) is 263 Å². The van der Waals surface area contributed by atoms with Gasteiger partial charge in [0.1, 0.15) is 18.1 Å². The van der Waals surface area contributed by atoms with Crippen LogP contribution >= 0.6 is 0 Å². The number of aliphatic hydroxyl groups is 1. The number of aliphatic carboxylic acids is 2. The number of H-pyrrole nitrogens is 1. The average molecular weight is 500 g/mol. The van der Waals surface area contributed by atoms with Crippen LogP contribution in [0.3, 0.4) is 0 Å². The zero-order valence-electron chi connectivity index (χ0n) is 19.1. The number of hydrogen-bond donors (Lipinski definition) is 9. The van der Waals surface area contributed by atoms with Crippen molar-refractivity contribution in [3.8, 4) is 0 Å². The Morgan fingerprint density at radius 3 is 2.11 bits per heavy atom. The highest BCUT2D eigenvalue weighted by Crippen LogP contribution is 2.04. The number of aromatic amines is 1. The molecule has 0 radical (unpaired) electrons. The van der Waals surface area contributed by atoms with Crippen LogP contribution in [0.15, 0.2) is 12.5 Å². The maximum Gasteiger partial charge on any atom is 0.326 e. The minimum Gasteiger partial charge on any atom is -0.481 e. The number of amides is 3. The van der Waals surface area contributed by atoms with Crippen molar-refractivity contribution in [3.63, 3.8) is 0 Å². The Labute approximate surface area is 201 Å². The number of aromatic nitrogens is 2. The van der Waals surface area contributed by atoms with Gasteiger partial charge in [-0.25, -0.2) is 9.78 Å². The van der Waals surface area contributed by atoms with E-state index >= 15 is 0 Å². The van der Waals surface area contributed by atoms with Gasteiger partial charge in [0.25, 0.3) is 0 Å².